The fourth-order valence-corrected chi connectivity index (χ4v) is 2.76. The van der Waals surface area contributed by atoms with Gasteiger partial charge in [-0.3, -0.25) is 0 Å². The second-order valence-corrected chi connectivity index (χ2v) is 6.60. The highest BCUT2D eigenvalue weighted by atomic mass is 19.3. The number of nitrogens with one attached hydrogen (secondary N) is 1. The van der Waals surface area contributed by atoms with Crippen molar-refractivity contribution < 1.29 is 27.0 Å². The SMILES string of the molecule is CCc1cccc(Oc2cccc(NCc3cccc(OC(F)(F)C(F)F)c3)c2)c1. The summed E-state index contributed by atoms with van der Waals surface area (Å²) in [7, 11) is 0. The van der Waals surface area contributed by atoms with Crippen LogP contribution in [0, 0.1) is 0 Å². The first-order valence-electron chi connectivity index (χ1n) is 9.40. The Labute approximate surface area is 172 Å². The summed E-state index contributed by atoms with van der Waals surface area (Å²) in [4.78, 5) is 0. The van der Waals surface area contributed by atoms with Gasteiger partial charge in [-0.1, -0.05) is 37.3 Å². The van der Waals surface area contributed by atoms with Crippen LogP contribution in [0.25, 0.3) is 0 Å². The van der Waals surface area contributed by atoms with Crippen LogP contribution in [0.5, 0.6) is 17.2 Å². The third kappa shape index (κ3) is 5.89. The minimum absolute atomic E-state index is 0.284. The summed E-state index contributed by atoms with van der Waals surface area (Å²) >= 11 is 0. The van der Waals surface area contributed by atoms with Gasteiger partial charge in [0.05, 0.1) is 0 Å². The molecule has 3 aromatic carbocycles. The fraction of sp³-hybridized carbons (Fsp3) is 0.217. The van der Waals surface area contributed by atoms with Crippen LogP contribution in [0.15, 0.2) is 72.8 Å². The molecule has 158 valence electrons. The molecule has 0 heterocycles. The molecule has 0 aliphatic rings. The lowest BCUT2D eigenvalue weighted by molar-refractivity contribution is -0.253. The molecule has 0 aromatic heterocycles. The number of rotatable bonds is 9. The molecule has 7 heteroatoms. The molecule has 0 aliphatic heterocycles. The molecule has 3 nitrogen and oxygen atoms in total. The molecule has 0 unspecified atom stereocenters. The van der Waals surface area contributed by atoms with Crippen molar-refractivity contribution in [3.05, 3.63) is 83.9 Å². The molecule has 0 aliphatic carbocycles. The van der Waals surface area contributed by atoms with Gasteiger partial charge in [0.1, 0.15) is 17.2 Å². The number of aryl methyl sites for hydroxylation is 1. The number of hydrogen-bond donors (Lipinski definition) is 1. The van der Waals surface area contributed by atoms with Gasteiger partial charge in [0.15, 0.2) is 0 Å². The Bertz CT molecular complexity index is 979. The summed E-state index contributed by atoms with van der Waals surface area (Å²) in [5.41, 5.74) is 2.52. The number of ether oxygens (including phenoxy) is 2. The lowest BCUT2D eigenvalue weighted by Gasteiger charge is -2.17. The van der Waals surface area contributed by atoms with Gasteiger partial charge in [-0.05, 0) is 53.9 Å². The van der Waals surface area contributed by atoms with E-state index in [1.165, 1.54) is 23.8 Å². The molecule has 1 N–H and O–H groups in total. The maximum absolute atomic E-state index is 13.1. The second kappa shape index (κ2) is 9.52. The molecule has 0 saturated heterocycles. The third-order valence-electron chi connectivity index (χ3n) is 4.28. The number of hydrogen-bond acceptors (Lipinski definition) is 3. The molecule has 0 spiro atoms. The zero-order chi connectivity index (χ0) is 21.6. The Balaban J connectivity index is 1.64. The zero-order valence-electron chi connectivity index (χ0n) is 16.2. The average Bonchev–Trinajstić information content (AvgIpc) is 2.72. The van der Waals surface area contributed by atoms with E-state index in [0.29, 0.717) is 11.3 Å². The average molecular weight is 419 g/mol. The molecule has 0 bridgehead atoms. The van der Waals surface area contributed by atoms with Crippen molar-refractivity contribution in [1.29, 1.82) is 0 Å². The van der Waals surface area contributed by atoms with Crippen LogP contribution in [-0.2, 0) is 13.0 Å². The first kappa shape index (κ1) is 21.5. The summed E-state index contributed by atoms with van der Waals surface area (Å²) in [5, 5.41) is 3.15. The van der Waals surface area contributed by atoms with E-state index >= 15 is 0 Å². The number of benzene rings is 3. The van der Waals surface area contributed by atoms with Gasteiger partial charge in [0.2, 0.25) is 0 Å². The van der Waals surface area contributed by atoms with E-state index < -0.39 is 12.5 Å². The quantitative estimate of drug-likeness (QED) is 0.383. The number of anilines is 1. The highest BCUT2D eigenvalue weighted by Gasteiger charge is 2.43. The Morgan fingerprint density at radius 3 is 2.13 bits per heavy atom. The smallest absolute Gasteiger partial charge is 0.457 e. The molecule has 3 aromatic rings. The second-order valence-electron chi connectivity index (χ2n) is 6.60. The molecule has 3 rings (SSSR count). The normalized spacial score (nSPS) is 11.4. The highest BCUT2D eigenvalue weighted by Crippen LogP contribution is 2.28. The van der Waals surface area contributed by atoms with Crippen LogP contribution in [0.4, 0.5) is 23.2 Å². The maximum atomic E-state index is 13.1. The summed E-state index contributed by atoms with van der Waals surface area (Å²) in [6, 6.07) is 20.7. The molecule has 0 amide bonds. The van der Waals surface area contributed by atoms with Gasteiger partial charge in [0, 0.05) is 18.3 Å². The molecular weight excluding hydrogens is 398 g/mol. The molecule has 0 saturated carbocycles. The zero-order valence-corrected chi connectivity index (χ0v) is 16.2. The van der Waals surface area contributed by atoms with Crippen LogP contribution in [0.3, 0.4) is 0 Å². The Morgan fingerprint density at radius 2 is 1.43 bits per heavy atom. The topological polar surface area (TPSA) is 30.5 Å². The van der Waals surface area contributed by atoms with Gasteiger partial charge in [-0.15, -0.1) is 0 Å². The highest BCUT2D eigenvalue weighted by molar-refractivity contribution is 5.50. The van der Waals surface area contributed by atoms with Crippen molar-refractivity contribution in [3.8, 4) is 17.2 Å². The molecule has 0 fully saturated rings. The first-order valence-corrected chi connectivity index (χ1v) is 9.40. The first-order chi connectivity index (χ1) is 14.4. The largest absolute Gasteiger partial charge is 0.461 e. The maximum Gasteiger partial charge on any atom is 0.461 e. The van der Waals surface area contributed by atoms with Crippen LogP contribution in [0.2, 0.25) is 0 Å². The van der Waals surface area contributed by atoms with Crippen molar-refractivity contribution in [2.75, 3.05) is 5.32 Å². The van der Waals surface area contributed by atoms with E-state index in [0.717, 1.165) is 17.9 Å². The van der Waals surface area contributed by atoms with Crippen molar-refractivity contribution in [3.63, 3.8) is 0 Å². The summed E-state index contributed by atoms with van der Waals surface area (Å²) in [5.74, 6) is 1.05. The summed E-state index contributed by atoms with van der Waals surface area (Å²) in [6.45, 7) is 2.35. The molecular formula is C23H21F4NO2. The standard InChI is InChI=1S/C23H21F4NO2/c1-2-16-6-3-9-19(12-16)29-20-10-5-8-18(14-20)28-15-17-7-4-11-21(13-17)30-23(26,27)22(24)25/h3-14,22,28H,2,15H2,1H3. The van der Waals surface area contributed by atoms with Gasteiger partial charge in [0.25, 0.3) is 0 Å². The lowest BCUT2D eigenvalue weighted by atomic mass is 10.2. The minimum atomic E-state index is -4.53. The number of halogens is 4. The van der Waals surface area contributed by atoms with Crippen LogP contribution in [0.1, 0.15) is 18.1 Å². The van der Waals surface area contributed by atoms with Crippen molar-refractivity contribution in [2.45, 2.75) is 32.4 Å². The monoisotopic (exact) mass is 419 g/mol. The van der Waals surface area contributed by atoms with E-state index in [9.17, 15) is 17.6 Å². The van der Waals surface area contributed by atoms with Crippen molar-refractivity contribution in [2.24, 2.45) is 0 Å². The van der Waals surface area contributed by atoms with Crippen molar-refractivity contribution in [1.82, 2.24) is 0 Å². The molecule has 0 radical (unpaired) electrons. The fourth-order valence-electron chi connectivity index (χ4n) is 2.76. The van der Waals surface area contributed by atoms with Crippen molar-refractivity contribution >= 4 is 5.69 Å². The summed E-state index contributed by atoms with van der Waals surface area (Å²) < 4.78 is 60.8. The Hall–Kier alpha value is -3.22. The van der Waals surface area contributed by atoms with Gasteiger partial charge in [-0.25, -0.2) is 0 Å². The molecule has 0 atom stereocenters. The molecule has 30 heavy (non-hydrogen) atoms. The predicted octanol–water partition coefficient (Wildman–Crippen LogP) is 6.89. The van der Waals surface area contributed by atoms with E-state index in [1.807, 2.05) is 48.5 Å². The lowest BCUT2D eigenvalue weighted by Crippen LogP contribution is -2.33. The van der Waals surface area contributed by atoms with E-state index in [1.54, 1.807) is 6.07 Å². The van der Waals surface area contributed by atoms with Crippen LogP contribution < -0.4 is 14.8 Å². The Kier molecular flexibility index (Phi) is 6.82. The van der Waals surface area contributed by atoms with Crippen LogP contribution >= 0.6 is 0 Å². The van der Waals surface area contributed by atoms with Crippen LogP contribution in [-0.4, -0.2) is 12.5 Å². The Morgan fingerprint density at radius 1 is 0.833 bits per heavy atom. The van der Waals surface area contributed by atoms with Gasteiger partial charge in [-0.2, -0.15) is 17.6 Å². The summed E-state index contributed by atoms with van der Waals surface area (Å²) in [6.07, 6.45) is -7.53. The van der Waals surface area contributed by atoms with E-state index in [-0.39, 0.29) is 12.3 Å². The third-order valence-corrected chi connectivity index (χ3v) is 4.28. The minimum Gasteiger partial charge on any atom is -0.457 e. The van der Waals surface area contributed by atoms with E-state index in [2.05, 4.69) is 17.0 Å². The van der Waals surface area contributed by atoms with Gasteiger partial charge >= 0.3 is 12.5 Å². The van der Waals surface area contributed by atoms with E-state index in [4.69, 9.17) is 4.74 Å². The number of alkyl halides is 4. The van der Waals surface area contributed by atoms with Gasteiger partial charge < -0.3 is 14.8 Å². The predicted molar refractivity (Wildman–Crippen MR) is 108 cm³/mol.